The molecule has 0 bridgehead atoms. The molecule has 0 unspecified atom stereocenters. The van der Waals surface area contributed by atoms with E-state index in [0.29, 0.717) is 11.6 Å². The van der Waals surface area contributed by atoms with E-state index in [4.69, 9.17) is 4.98 Å². The van der Waals surface area contributed by atoms with Crippen LogP contribution in [0.4, 0.5) is 5.82 Å². The second-order valence-corrected chi connectivity index (χ2v) is 6.70. The molecular weight excluding hydrogens is 300 g/mol. The summed E-state index contributed by atoms with van der Waals surface area (Å²) in [4.78, 5) is 19.1. The molecule has 1 aliphatic carbocycles. The Hall–Kier alpha value is -2.61. The summed E-state index contributed by atoms with van der Waals surface area (Å²) in [6, 6.07) is 12.3. The zero-order valence-corrected chi connectivity index (χ0v) is 13.5. The monoisotopic (exact) mass is 320 g/mol. The molecule has 1 aromatic heterocycles. The first-order valence-electron chi connectivity index (χ1n) is 8.60. The maximum atomic E-state index is 12.2. The summed E-state index contributed by atoms with van der Waals surface area (Å²) < 4.78 is 0. The number of fused-ring (bicyclic) bond motifs is 1. The second-order valence-electron chi connectivity index (χ2n) is 6.70. The highest BCUT2D eigenvalue weighted by atomic mass is 16.2. The van der Waals surface area contributed by atoms with Gasteiger partial charge in [-0.3, -0.25) is 4.79 Å². The number of pyridine rings is 1. The first-order valence-corrected chi connectivity index (χ1v) is 8.60. The van der Waals surface area contributed by atoms with Gasteiger partial charge < -0.3 is 10.2 Å². The highest BCUT2D eigenvalue weighted by molar-refractivity contribution is 5.86. The molecule has 1 aromatic carbocycles. The van der Waals surface area contributed by atoms with Crippen LogP contribution in [0.15, 0.2) is 30.3 Å². The van der Waals surface area contributed by atoms with Crippen LogP contribution >= 0.6 is 0 Å². The van der Waals surface area contributed by atoms with Crippen LogP contribution in [-0.4, -0.2) is 30.0 Å². The molecule has 1 amide bonds. The van der Waals surface area contributed by atoms with Gasteiger partial charge in [-0.25, -0.2) is 4.98 Å². The van der Waals surface area contributed by atoms with Crippen molar-refractivity contribution in [2.45, 2.75) is 31.7 Å². The van der Waals surface area contributed by atoms with Gasteiger partial charge in [-0.2, -0.15) is 5.26 Å². The van der Waals surface area contributed by atoms with E-state index < -0.39 is 0 Å². The fraction of sp³-hybridized carbons (Fsp3) is 0.421. The van der Waals surface area contributed by atoms with Gasteiger partial charge in [0.25, 0.3) is 0 Å². The van der Waals surface area contributed by atoms with Crippen LogP contribution in [-0.2, 0) is 4.79 Å². The number of amides is 1. The Kier molecular flexibility index (Phi) is 3.81. The average molecular weight is 320 g/mol. The molecule has 0 radical (unpaired) electrons. The van der Waals surface area contributed by atoms with E-state index in [2.05, 4.69) is 16.3 Å². The molecular formula is C19H20N4O. The molecule has 24 heavy (non-hydrogen) atoms. The Morgan fingerprint density at radius 2 is 1.96 bits per heavy atom. The highest BCUT2D eigenvalue weighted by Gasteiger charge is 2.30. The molecule has 2 aliphatic rings. The molecule has 1 aliphatic heterocycles. The molecule has 0 spiro atoms. The maximum Gasteiger partial charge on any atom is 0.223 e. The lowest BCUT2D eigenvalue weighted by Crippen LogP contribution is -2.41. The zero-order chi connectivity index (χ0) is 16.5. The Balaban J connectivity index is 1.50. The predicted octanol–water partition coefficient (Wildman–Crippen LogP) is 2.60. The summed E-state index contributed by atoms with van der Waals surface area (Å²) in [5, 5.41) is 13.4. The zero-order valence-electron chi connectivity index (χ0n) is 13.5. The van der Waals surface area contributed by atoms with Crippen LogP contribution in [0.5, 0.6) is 0 Å². The van der Waals surface area contributed by atoms with Gasteiger partial charge in [0.15, 0.2) is 0 Å². The van der Waals surface area contributed by atoms with Gasteiger partial charge in [0, 0.05) is 30.4 Å². The van der Waals surface area contributed by atoms with Crippen molar-refractivity contribution in [1.29, 1.82) is 5.26 Å². The number of rotatable bonds is 3. The summed E-state index contributed by atoms with van der Waals surface area (Å²) in [7, 11) is 0. The first-order chi connectivity index (χ1) is 11.7. The van der Waals surface area contributed by atoms with E-state index in [0.717, 1.165) is 55.5 Å². The number of hydrogen-bond donors (Lipinski definition) is 1. The van der Waals surface area contributed by atoms with Crippen molar-refractivity contribution in [3.05, 3.63) is 35.9 Å². The van der Waals surface area contributed by atoms with Crippen molar-refractivity contribution in [1.82, 2.24) is 10.3 Å². The Labute approximate surface area is 141 Å². The number of anilines is 1. The number of carbonyl (C=O) groups is 1. The minimum Gasteiger partial charge on any atom is -0.357 e. The van der Waals surface area contributed by atoms with Gasteiger partial charge in [0.2, 0.25) is 5.91 Å². The van der Waals surface area contributed by atoms with Crippen LogP contribution in [0.1, 0.15) is 31.2 Å². The molecule has 4 rings (SSSR count). The molecule has 5 nitrogen and oxygen atoms in total. The van der Waals surface area contributed by atoms with Gasteiger partial charge in [-0.1, -0.05) is 18.2 Å². The average Bonchev–Trinajstić information content (AvgIpc) is 3.45. The Bertz CT molecular complexity index is 814. The third kappa shape index (κ3) is 2.92. The summed E-state index contributed by atoms with van der Waals surface area (Å²) in [5.74, 6) is 1.16. The smallest absolute Gasteiger partial charge is 0.223 e. The third-order valence-electron chi connectivity index (χ3n) is 4.94. The van der Waals surface area contributed by atoms with E-state index in [9.17, 15) is 10.1 Å². The van der Waals surface area contributed by atoms with Gasteiger partial charge in [-0.15, -0.1) is 0 Å². The summed E-state index contributed by atoms with van der Waals surface area (Å²) in [5.41, 5.74) is 1.50. The van der Waals surface area contributed by atoms with E-state index >= 15 is 0 Å². The van der Waals surface area contributed by atoms with Crippen LogP contribution < -0.4 is 10.2 Å². The number of carbonyl (C=O) groups excluding carboxylic acids is 1. The summed E-state index contributed by atoms with van der Waals surface area (Å²) in [6.07, 6.45) is 3.94. The fourth-order valence-corrected chi connectivity index (χ4v) is 3.33. The van der Waals surface area contributed by atoms with Crippen molar-refractivity contribution in [3.8, 4) is 6.07 Å². The lowest BCUT2D eigenvalue weighted by atomic mass is 9.95. The molecule has 2 heterocycles. The molecule has 2 aromatic rings. The number of nitrogens with zero attached hydrogens (tertiary/aromatic N) is 3. The predicted molar refractivity (Wildman–Crippen MR) is 92.6 cm³/mol. The Morgan fingerprint density at radius 3 is 2.67 bits per heavy atom. The van der Waals surface area contributed by atoms with Crippen molar-refractivity contribution in [2.75, 3.05) is 18.0 Å². The maximum absolute atomic E-state index is 12.2. The number of aromatic nitrogens is 1. The number of para-hydroxylation sites is 1. The van der Waals surface area contributed by atoms with E-state index in [1.165, 1.54) is 0 Å². The van der Waals surface area contributed by atoms with Gasteiger partial charge in [0.1, 0.15) is 5.82 Å². The second kappa shape index (κ2) is 6.12. The molecule has 5 heteroatoms. The van der Waals surface area contributed by atoms with Crippen molar-refractivity contribution >= 4 is 22.6 Å². The number of nitrogens with one attached hydrogen (secondary N) is 1. The summed E-state index contributed by atoms with van der Waals surface area (Å²) >= 11 is 0. The lowest BCUT2D eigenvalue weighted by Gasteiger charge is -2.32. The van der Waals surface area contributed by atoms with E-state index in [-0.39, 0.29) is 11.8 Å². The first kappa shape index (κ1) is 14.9. The summed E-state index contributed by atoms with van der Waals surface area (Å²) in [6.45, 7) is 1.61. The number of piperidine rings is 1. The number of benzene rings is 1. The van der Waals surface area contributed by atoms with Crippen molar-refractivity contribution in [2.24, 2.45) is 5.92 Å². The highest BCUT2D eigenvalue weighted by Crippen LogP contribution is 2.27. The van der Waals surface area contributed by atoms with Crippen LogP contribution in [0.2, 0.25) is 0 Å². The fourth-order valence-electron chi connectivity index (χ4n) is 3.33. The lowest BCUT2D eigenvalue weighted by molar-refractivity contribution is -0.125. The van der Waals surface area contributed by atoms with Gasteiger partial charge in [0.05, 0.1) is 17.1 Å². The van der Waals surface area contributed by atoms with Crippen molar-refractivity contribution < 1.29 is 4.79 Å². The minimum absolute atomic E-state index is 0.109. The van der Waals surface area contributed by atoms with E-state index in [1.807, 2.05) is 30.3 Å². The van der Waals surface area contributed by atoms with E-state index in [1.54, 1.807) is 0 Å². The van der Waals surface area contributed by atoms with Crippen LogP contribution in [0.25, 0.3) is 10.9 Å². The molecule has 1 saturated carbocycles. The molecule has 1 N–H and O–H groups in total. The van der Waals surface area contributed by atoms with Crippen LogP contribution in [0.3, 0.4) is 0 Å². The Morgan fingerprint density at radius 1 is 1.21 bits per heavy atom. The molecule has 122 valence electrons. The van der Waals surface area contributed by atoms with Crippen LogP contribution in [0, 0.1) is 17.2 Å². The number of nitriles is 1. The largest absolute Gasteiger partial charge is 0.357 e. The molecule has 0 atom stereocenters. The topological polar surface area (TPSA) is 69.0 Å². The minimum atomic E-state index is 0.109. The van der Waals surface area contributed by atoms with Crippen molar-refractivity contribution in [3.63, 3.8) is 0 Å². The molecule has 1 saturated heterocycles. The normalized spacial score (nSPS) is 18.4. The quantitative estimate of drug-likeness (QED) is 0.944. The number of hydrogen-bond acceptors (Lipinski definition) is 4. The van der Waals surface area contributed by atoms with Gasteiger partial charge in [-0.05, 0) is 37.8 Å². The standard InChI is InChI=1S/C19H20N4O/c20-12-14-11-18(22-17-4-2-1-3-16(14)17)23-9-7-13(8-10-23)19(24)21-15-5-6-15/h1-4,11,13,15H,5-10H2,(H,21,24). The SMILES string of the molecule is N#Cc1cc(N2CCC(C(=O)NC3CC3)CC2)nc2ccccc12. The molecule has 2 fully saturated rings. The third-order valence-corrected chi connectivity index (χ3v) is 4.94. The van der Waals surface area contributed by atoms with Gasteiger partial charge >= 0.3 is 0 Å².